The predicted molar refractivity (Wildman–Crippen MR) is 127 cm³/mol. The Morgan fingerprint density at radius 1 is 0.882 bits per heavy atom. The highest BCUT2D eigenvalue weighted by Gasteiger charge is 2.43. The molecule has 0 unspecified atom stereocenters. The summed E-state index contributed by atoms with van der Waals surface area (Å²) in [7, 11) is 0. The van der Waals surface area contributed by atoms with E-state index in [0.717, 1.165) is 25.7 Å². The molecule has 0 N–H and O–H groups in total. The van der Waals surface area contributed by atoms with Gasteiger partial charge in [-0.2, -0.15) is 0 Å². The van der Waals surface area contributed by atoms with Crippen LogP contribution in [0.5, 0.6) is 0 Å². The maximum Gasteiger partial charge on any atom is 0.266 e. The van der Waals surface area contributed by atoms with Gasteiger partial charge in [0, 0.05) is 19.5 Å². The fourth-order valence-corrected chi connectivity index (χ4v) is 5.17. The van der Waals surface area contributed by atoms with Crippen molar-refractivity contribution < 1.29 is 18.8 Å². The molecule has 3 aromatic rings. The molecule has 2 atom stereocenters. The van der Waals surface area contributed by atoms with Crippen LogP contribution in [0.2, 0.25) is 0 Å². The molecule has 1 aromatic heterocycles. The van der Waals surface area contributed by atoms with Gasteiger partial charge in [0.15, 0.2) is 5.58 Å². The third-order valence-corrected chi connectivity index (χ3v) is 6.90. The van der Waals surface area contributed by atoms with Crippen LogP contribution in [0.25, 0.3) is 11.1 Å². The van der Waals surface area contributed by atoms with Gasteiger partial charge in [0.25, 0.3) is 5.89 Å². The van der Waals surface area contributed by atoms with Gasteiger partial charge < -0.3 is 14.2 Å². The monoisotopic (exact) mass is 459 g/mol. The van der Waals surface area contributed by atoms with Crippen molar-refractivity contribution in [2.24, 2.45) is 0 Å². The van der Waals surface area contributed by atoms with Crippen LogP contribution in [0.1, 0.15) is 54.8 Å². The Balaban J connectivity index is 1.24. The summed E-state index contributed by atoms with van der Waals surface area (Å²) in [6.07, 6.45) is 4.79. The van der Waals surface area contributed by atoms with Crippen LogP contribution in [0.3, 0.4) is 0 Å². The zero-order valence-corrected chi connectivity index (χ0v) is 19.2. The van der Waals surface area contributed by atoms with Gasteiger partial charge in [-0.25, -0.2) is 4.98 Å². The first-order chi connectivity index (χ1) is 16.6. The van der Waals surface area contributed by atoms with Crippen LogP contribution < -0.4 is 0 Å². The number of Topliss-reactive ketones (excluding diaryl/α,β-unsaturated/α-hetero) is 1. The number of rotatable bonds is 7. The maximum absolute atomic E-state index is 13.5. The average Bonchev–Trinajstić information content (AvgIpc) is 3.63. The zero-order valence-electron chi connectivity index (χ0n) is 19.2. The van der Waals surface area contributed by atoms with Gasteiger partial charge in [-0.05, 0) is 56.2 Å². The summed E-state index contributed by atoms with van der Waals surface area (Å²) in [4.78, 5) is 47.4. The molecule has 7 nitrogen and oxygen atoms in total. The fourth-order valence-electron chi connectivity index (χ4n) is 5.17. The lowest BCUT2D eigenvalue weighted by Crippen LogP contribution is -2.51. The van der Waals surface area contributed by atoms with E-state index < -0.39 is 12.1 Å². The molecule has 0 spiro atoms. The summed E-state index contributed by atoms with van der Waals surface area (Å²) >= 11 is 0. The molecule has 34 heavy (non-hydrogen) atoms. The first-order valence-electron chi connectivity index (χ1n) is 12.2. The molecule has 5 rings (SSSR count). The number of likely N-dealkylation sites (tertiary alicyclic amines) is 2. The van der Waals surface area contributed by atoms with Crippen molar-refractivity contribution in [1.82, 2.24) is 14.8 Å². The van der Waals surface area contributed by atoms with Crippen LogP contribution in [0.15, 0.2) is 59.0 Å². The molecule has 2 aliphatic rings. The Kier molecular flexibility index (Phi) is 6.43. The second-order valence-electron chi connectivity index (χ2n) is 9.12. The van der Waals surface area contributed by atoms with Gasteiger partial charge in [-0.3, -0.25) is 14.4 Å². The lowest BCUT2D eigenvalue weighted by atomic mass is 10.1. The van der Waals surface area contributed by atoms with Crippen molar-refractivity contribution in [2.75, 3.05) is 13.1 Å². The van der Waals surface area contributed by atoms with E-state index in [2.05, 4.69) is 17.1 Å². The van der Waals surface area contributed by atoms with Crippen molar-refractivity contribution in [1.29, 1.82) is 0 Å². The summed E-state index contributed by atoms with van der Waals surface area (Å²) in [5.74, 6) is -0.319. The van der Waals surface area contributed by atoms with E-state index in [-0.39, 0.29) is 23.5 Å². The number of para-hydroxylation sites is 2. The number of carbonyl (C=O) groups excluding carboxylic acids is 3. The minimum absolute atomic E-state index is 0.0211. The Morgan fingerprint density at radius 2 is 1.59 bits per heavy atom. The third kappa shape index (κ3) is 4.47. The normalized spacial score (nSPS) is 20.2. The molecule has 0 bridgehead atoms. The van der Waals surface area contributed by atoms with Crippen LogP contribution >= 0.6 is 0 Å². The lowest BCUT2D eigenvalue weighted by Gasteiger charge is -2.30. The van der Waals surface area contributed by atoms with E-state index in [4.69, 9.17) is 4.42 Å². The van der Waals surface area contributed by atoms with Gasteiger partial charge in [0.1, 0.15) is 17.6 Å². The Hall–Kier alpha value is -3.48. The van der Waals surface area contributed by atoms with Crippen LogP contribution in [-0.2, 0) is 16.0 Å². The summed E-state index contributed by atoms with van der Waals surface area (Å²) in [5.41, 5.74) is 2.40. The summed E-state index contributed by atoms with van der Waals surface area (Å²) in [6, 6.07) is 16.3. The van der Waals surface area contributed by atoms with Gasteiger partial charge in [0.05, 0.1) is 0 Å². The van der Waals surface area contributed by atoms with Crippen LogP contribution in [-0.4, -0.2) is 57.6 Å². The second kappa shape index (κ2) is 9.79. The van der Waals surface area contributed by atoms with Crippen molar-refractivity contribution in [2.45, 2.75) is 57.0 Å². The fraction of sp³-hybridized carbons (Fsp3) is 0.407. The number of hydrogen-bond donors (Lipinski definition) is 0. The molecular weight excluding hydrogens is 430 g/mol. The number of carbonyl (C=O) groups is 3. The van der Waals surface area contributed by atoms with Crippen molar-refractivity contribution >= 4 is 28.7 Å². The number of aryl methyl sites for hydroxylation is 1. The third-order valence-electron chi connectivity index (χ3n) is 6.90. The highest BCUT2D eigenvalue weighted by atomic mass is 16.4. The lowest BCUT2D eigenvalue weighted by molar-refractivity contribution is -0.144. The number of ketones is 1. The quantitative estimate of drug-likeness (QED) is 0.499. The number of nitrogens with zero attached hydrogens (tertiary/aromatic N) is 3. The highest BCUT2D eigenvalue weighted by molar-refractivity contribution is 6.01. The molecule has 7 heteroatoms. The first kappa shape index (κ1) is 22.3. The van der Waals surface area contributed by atoms with Crippen molar-refractivity contribution in [3.8, 4) is 0 Å². The number of amides is 2. The molecule has 0 saturated carbocycles. The van der Waals surface area contributed by atoms with E-state index in [1.54, 1.807) is 21.9 Å². The molecule has 2 fully saturated rings. The summed E-state index contributed by atoms with van der Waals surface area (Å²) in [6.45, 7) is 1.11. The largest absolute Gasteiger partial charge is 0.434 e. The minimum atomic E-state index is -0.587. The van der Waals surface area contributed by atoms with E-state index in [0.29, 0.717) is 43.5 Å². The second-order valence-corrected chi connectivity index (χ2v) is 9.12. The highest BCUT2D eigenvalue weighted by Crippen LogP contribution is 2.28. The van der Waals surface area contributed by atoms with E-state index in [9.17, 15) is 14.4 Å². The SMILES string of the molecule is O=C(c1nc2ccccc2o1)[C@@H]1CCCN1C(=O)[C@@H]1CCCN1C(=O)CCCc1ccccc1. The number of aromatic nitrogens is 1. The minimum Gasteiger partial charge on any atom is -0.434 e. The van der Waals surface area contributed by atoms with Crippen LogP contribution in [0, 0.1) is 0 Å². The molecule has 2 aromatic carbocycles. The maximum atomic E-state index is 13.5. The van der Waals surface area contributed by atoms with Crippen molar-refractivity contribution in [3.63, 3.8) is 0 Å². The average molecular weight is 460 g/mol. The smallest absolute Gasteiger partial charge is 0.266 e. The topological polar surface area (TPSA) is 83.7 Å². The van der Waals surface area contributed by atoms with Gasteiger partial charge in [-0.1, -0.05) is 42.5 Å². The van der Waals surface area contributed by atoms with Gasteiger partial charge >= 0.3 is 0 Å². The van der Waals surface area contributed by atoms with Gasteiger partial charge in [0.2, 0.25) is 17.6 Å². The van der Waals surface area contributed by atoms with Crippen LogP contribution in [0.4, 0.5) is 0 Å². The number of benzene rings is 2. The molecule has 0 aliphatic carbocycles. The zero-order chi connectivity index (χ0) is 23.5. The molecule has 2 amide bonds. The van der Waals surface area contributed by atoms with E-state index in [1.165, 1.54) is 5.56 Å². The Bertz CT molecular complexity index is 1160. The summed E-state index contributed by atoms with van der Waals surface area (Å²) in [5, 5.41) is 0. The van der Waals surface area contributed by atoms with E-state index >= 15 is 0 Å². The first-order valence-corrected chi connectivity index (χ1v) is 12.2. The molecule has 3 heterocycles. The molecule has 2 saturated heterocycles. The standard InChI is InChI=1S/C27H29N3O4/c31-24(16-6-11-19-9-2-1-3-10-19)29-17-8-14-22(29)27(33)30-18-7-13-21(30)25(32)26-28-20-12-4-5-15-23(20)34-26/h1-5,9-10,12,15,21-22H,6-8,11,13-14,16-18H2/t21-,22-/m0/s1. The Labute approximate surface area is 198 Å². The molecule has 2 aliphatic heterocycles. The molecular formula is C27H29N3O4. The number of oxazole rings is 1. The summed E-state index contributed by atoms with van der Waals surface area (Å²) < 4.78 is 5.67. The predicted octanol–water partition coefficient (Wildman–Crippen LogP) is 4.02. The molecule has 0 radical (unpaired) electrons. The number of hydrogen-bond acceptors (Lipinski definition) is 5. The van der Waals surface area contributed by atoms with Gasteiger partial charge in [-0.15, -0.1) is 0 Å². The number of fused-ring (bicyclic) bond motifs is 1. The van der Waals surface area contributed by atoms with Crippen molar-refractivity contribution in [3.05, 3.63) is 66.1 Å². The molecule has 176 valence electrons. The van der Waals surface area contributed by atoms with E-state index in [1.807, 2.05) is 30.3 Å². The Morgan fingerprint density at radius 3 is 2.38 bits per heavy atom.